The number of fused-ring (bicyclic) bond motifs is 1. The number of pyridine rings is 1. The smallest absolute Gasteiger partial charge is 0.251 e. The number of ether oxygens (including phenoxy) is 2. The van der Waals surface area contributed by atoms with Crippen LogP contribution in [-0.4, -0.2) is 50.9 Å². The van der Waals surface area contributed by atoms with Crippen LogP contribution in [0.15, 0.2) is 36.5 Å². The number of nitrogens with zero attached hydrogens (tertiary/aromatic N) is 3. The zero-order chi connectivity index (χ0) is 33.0. The first-order chi connectivity index (χ1) is 22.5. The van der Waals surface area contributed by atoms with Crippen LogP contribution in [0.3, 0.4) is 0 Å². The van der Waals surface area contributed by atoms with Gasteiger partial charge in [0.05, 0.1) is 42.4 Å². The first kappa shape index (κ1) is 31.3. The standard InChI is InChI=1S/C34H34ClF2N5O5/c1-2-46-32-17(12-29(38)43)11-28(40-31(32)23-13-24(35)26(37)14-25(23)36)34(45,20-3-4-20)16-39-33(44)18-9-19-15-42(21-5-6-21)41-30(19)27(10-18)47-22-7-8-22/h9-11,13-15,20-22,45H,2-8,12,16H2,1H3,(H2,38,43)(H,39,44)/t34-/m1/s1. The highest BCUT2D eigenvalue weighted by Gasteiger charge is 2.47. The number of rotatable bonds is 13. The molecule has 4 N–H and O–H groups in total. The highest BCUT2D eigenvalue weighted by atomic mass is 35.5. The van der Waals surface area contributed by atoms with Crippen molar-refractivity contribution in [2.75, 3.05) is 13.2 Å². The van der Waals surface area contributed by atoms with Gasteiger partial charge in [0, 0.05) is 34.3 Å². The molecule has 3 aliphatic rings. The minimum absolute atomic E-state index is 0.0575. The van der Waals surface area contributed by atoms with Gasteiger partial charge in [0.15, 0.2) is 0 Å². The van der Waals surface area contributed by atoms with Crippen molar-refractivity contribution in [3.05, 3.63) is 70.0 Å². The predicted molar refractivity (Wildman–Crippen MR) is 169 cm³/mol. The van der Waals surface area contributed by atoms with Crippen molar-refractivity contribution in [2.45, 2.75) is 69.6 Å². The fraction of sp³-hybridized carbons (Fsp3) is 0.412. The molecule has 3 fully saturated rings. The fourth-order valence-corrected chi connectivity index (χ4v) is 6.04. The number of aliphatic hydroxyl groups is 1. The molecule has 0 saturated heterocycles. The molecule has 2 heterocycles. The van der Waals surface area contributed by atoms with E-state index in [1.54, 1.807) is 19.1 Å². The Balaban J connectivity index is 1.25. The summed E-state index contributed by atoms with van der Waals surface area (Å²) in [7, 11) is 0. The summed E-state index contributed by atoms with van der Waals surface area (Å²) >= 11 is 6.03. The minimum Gasteiger partial charge on any atom is -0.491 e. The van der Waals surface area contributed by atoms with Gasteiger partial charge in [-0.05, 0) is 75.6 Å². The zero-order valence-corrected chi connectivity index (χ0v) is 26.4. The number of primary amides is 1. The maximum atomic E-state index is 15.2. The van der Waals surface area contributed by atoms with E-state index in [9.17, 15) is 19.1 Å². The second kappa shape index (κ2) is 12.1. The number of hydrogen-bond donors (Lipinski definition) is 3. The van der Waals surface area contributed by atoms with E-state index >= 15 is 4.39 Å². The van der Waals surface area contributed by atoms with Gasteiger partial charge in [0.1, 0.15) is 39.9 Å². The maximum absolute atomic E-state index is 15.2. The molecule has 0 bridgehead atoms. The van der Waals surface area contributed by atoms with Gasteiger partial charge in [-0.15, -0.1) is 0 Å². The van der Waals surface area contributed by atoms with Crippen LogP contribution in [0, 0.1) is 17.6 Å². The van der Waals surface area contributed by atoms with E-state index < -0.39 is 29.0 Å². The molecular formula is C34H34ClF2N5O5. The number of nitrogens with two attached hydrogens (primary N) is 1. The first-order valence-corrected chi connectivity index (χ1v) is 16.2. The highest BCUT2D eigenvalue weighted by molar-refractivity contribution is 6.31. The Morgan fingerprint density at radius 3 is 2.53 bits per heavy atom. The summed E-state index contributed by atoms with van der Waals surface area (Å²) in [6.45, 7) is 1.60. The van der Waals surface area contributed by atoms with Crippen LogP contribution in [0.1, 0.15) is 73.1 Å². The lowest BCUT2D eigenvalue weighted by atomic mass is 9.90. The van der Waals surface area contributed by atoms with Gasteiger partial charge in [-0.2, -0.15) is 5.10 Å². The summed E-state index contributed by atoms with van der Waals surface area (Å²) in [6.07, 6.45) is 7.01. The lowest BCUT2D eigenvalue weighted by Crippen LogP contribution is -2.43. The number of carbonyl (C=O) groups is 2. The van der Waals surface area contributed by atoms with Crippen LogP contribution < -0.4 is 20.5 Å². The molecule has 10 nitrogen and oxygen atoms in total. The van der Waals surface area contributed by atoms with Gasteiger partial charge in [0.25, 0.3) is 5.91 Å². The summed E-state index contributed by atoms with van der Waals surface area (Å²) in [5, 5.41) is 20.2. The van der Waals surface area contributed by atoms with E-state index in [0.717, 1.165) is 37.1 Å². The summed E-state index contributed by atoms with van der Waals surface area (Å²) in [6, 6.07) is 6.99. The summed E-state index contributed by atoms with van der Waals surface area (Å²) in [5.74, 6) is -2.75. The van der Waals surface area contributed by atoms with Gasteiger partial charge < -0.3 is 25.6 Å². The molecule has 7 rings (SSSR count). The Bertz CT molecular complexity index is 1910. The van der Waals surface area contributed by atoms with Gasteiger partial charge in [-0.25, -0.2) is 13.8 Å². The van der Waals surface area contributed by atoms with E-state index in [0.29, 0.717) is 41.8 Å². The normalized spacial score (nSPS) is 17.4. The number of benzene rings is 2. The third kappa shape index (κ3) is 6.36. The maximum Gasteiger partial charge on any atom is 0.251 e. The highest BCUT2D eigenvalue weighted by Crippen LogP contribution is 2.47. The quantitative estimate of drug-likeness (QED) is 0.163. The van der Waals surface area contributed by atoms with Gasteiger partial charge >= 0.3 is 0 Å². The average Bonchev–Trinajstić information content (AvgIpc) is 3.87. The SMILES string of the molecule is CCOc1c(CC(N)=O)cc([C@@](O)(CNC(=O)c2cc(OC3CC3)c3nn(C4CC4)cc3c2)C2CC2)nc1-c1cc(Cl)c(F)cc1F. The molecule has 0 radical (unpaired) electrons. The van der Waals surface area contributed by atoms with Gasteiger partial charge in [-0.1, -0.05) is 11.6 Å². The predicted octanol–water partition coefficient (Wildman–Crippen LogP) is 5.36. The molecule has 2 aromatic heterocycles. The molecule has 1 atom stereocenters. The summed E-state index contributed by atoms with van der Waals surface area (Å²) in [5.41, 5.74) is 4.97. The molecule has 47 heavy (non-hydrogen) atoms. The van der Waals surface area contributed by atoms with Crippen LogP contribution >= 0.6 is 11.6 Å². The van der Waals surface area contributed by atoms with Crippen LogP contribution in [0.4, 0.5) is 8.78 Å². The largest absolute Gasteiger partial charge is 0.491 e. The van der Waals surface area contributed by atoms with Crippen LogP contribution in [0.2, 0.25) is 5.02 Å². The van der Waals surface area contributed by atoms with E-state index in [1.807, 2.05) is 10.9 Å². The lowest BCUT2D eigenvalue weighted by Gasteiger charge is -2.30. The number of aromatic nitrogens is 3. The number of nitrogens with one attached hydrogen (secondary N) is 1. The number of amides is 2. The monoisotopic (exact) mass is 665 g/mol. The van der Waals surface area contributed by atoms with Gasteiger partial charge in [-0.3, -0.25) is 14.3 Å². The molecule has 4 aromatic rings. The van der Waals surface area contributed by atoms with E-state index in [2.05, 4.69) is 10.3 Å². The van der Waals surface area contributed by atoms with Crippen LogP contribution in [0.25, 0.3) is 22.2 Å². The number of carbonyl (C=O) groups excluding carboxylic acids is 2. The lowest BCUT2D eigenvalue weighted by molar-refractivity contribution is -0.117. The Labute approximate surface area is 274 Å². The summed E-state index contributed by atoms with van der Waals surface area (Å²) in [4.78, 5) is 30.4. The average molecular weight is 666 g/mol. The Morgan fingerprint density at radius 1 is 1.11 bits per heavy atom. The molecule has 13 heteroatoms. The molecule has 3 aliphatic carbocycles. The third-order valence-corrected chi connectivity index (χ3v) is 9.07. The fourth-order valence-electron chi connectivity index (χ4n) is 5.88. The van der Waals surface area contributed by atoms with Crippen molar-refractivity contribution in [2.24, 2.45) is 11.7 Å². The minimum atomic E-state index is -1.71. The van der Waals surface area contributed by atoms with E-state index in [-0.39, 0.29) is 64.9 Å². The molecule has 0 aliphatic heterocycles. The molecular weight excluding hydrogens is 632 g/mol. The number of hydrogen-bond acceptors (Lipinski definition) is 7. The summed E-state index contributed by atoms with van der Waals surface area (Å²) < 4.78 is 43.2. The van der Waals surface area contributed by atoms with Crippen molar-refractivity contribution in [1.82, 2.24) is 20.1 Å². The van der Waals surface area contributed by atoms with Crippen LogP contribution in [-0.2, 0) is 16.8 Å². The second-order valence-corrected chi connectivity index (χ2v) is 13.0. The molecule has 3 saturated carbocycles. The zero-order valence-electron chi connectivity index (χ0n) is 25.7. The van der Waals surface area contributed by atoms with Gasteiger partial charge in [0.2, 0.25) is 5.91 Å². The van der Waals surface area contributed by atoms with E-state index in [1.165, 1.54) is 6.07 Å². The Hall–Kier alpha value is -4.29. The van der Waals surface area contributed by atoms with Crippen molar-refractivity contribution in [3.8, 4) is 22.8 Å². The first-order valence-electron chi connectivity index (χ1n) is 15.8. The van der Waals surface area contributed by atoms with Crippen molar-refractivity contribution in [1.29, 1.82) is 0 Å². The Kier molecular flexibility index (Phi) is 8.04. The second-order valence-electron chi connectivity index (χ2n) is 12.6. The van der Waals surface area contributed by atoms with Crippen LogP contribution in [0.5, 0.6) is 11.5 Å². The van der Waals surface area contributed by atoms with Crippen molar-refractivity contribution in [3.63, 3.8) is 0 Å². The van der Waals surface area contributed by atoms with Crippen molar-refractivity contribution < 1.29 is 33.0 Å². The molecule has 246 valence electrons. The molecule has 2 aromatic carbocycles. The van der Waals surface area contributed by atoms with E-state index in [4.69, 9.17) is 31.9 Å². The van der Waals surface area contributed by atoms with Crippen molar-refractivity contribution >= 4 is 34.3 Å². The Morgan fingerprint density at radius 2 is 1.87 bits per heavy atom. The number of halogens is 3. The molecule has 0 unspecified atom stereocenters. The molecule has 2 amide bonds. The molecule has 0 spiro atoms. The third-order valence-electron chi connectivity index (χ3n) is 8.78. The topological polar surface area (TPSA) is 142 Å².